The molecule has 0 spiro atoms. The second-order valence-corrected chi connectivity index (χ2v) is 4.21. The fraction of sp³-hybridized carbons (Fsp3) is 0.0714. The van der Waals surface area contributed by atoms with Gasteiger partial charge in [-0.25, -0.2) is 9.37 Å². The molecule has 1 aromatic carbocycles. The maximum absolute atomic E-state index is 12.9. The molecule has 2 N–H and O–H groups in total. The van der Waals surface area contributed by atoms with Gasteiger partial charge < -0.3 is 10.1 Å². The molecular weight excluding hydrogens is 229 g/mol. The molecular formula is C14H12FN3. The van der Waals surface area contributed by atoms with Gasteiger partial charge in [-0.15, -0.1) is 0 Å². The minimum absolute atomic E-state index is 0.250. The number of nitrogen functional groups attached to an aromatic ring is 1. The van der Waals surface area contributed by atoms with E-state index in [2.05, 4.69) is 4.98 Å². The Morgan fingerprint density at radius 2 is 1.89 bits per heavy atom. The summed E-state index contributed by atoms with van der Waals surface area (Å²) in [5, 5.41) is 0. The lowest BCUT2D eigenvalue weighted by Gasteiger charge is -1.99. The zero-order valence-electron chi connectivity index (χ0n) is 9.89. The van der Waals surface area contributed by atoms with Gasteiger partial charge in [0.25, 0.3) is 0 Å². The van der Waals surface area contributed by atoms with Crippen LogP contribution in [-0.4, -0.2) is 9.38 Å². The first-order valence-electron chi connectivity index (χ1n) is 5.66. The summed E-state index contributed by atoms with van der Waals surface area (Å²) >= 11 is 0. The number of nitrogens with zero attached hydrogens (tertiary/aromatic N) is 2. The molecule has 90 valence electrons. The summed E-state index contributed by atoms with van der Waals surface area (Å²) in [7, 11) is 0. The number of fused-ring (bicyclic) bond motifs is 1. The minimum atomic E-state index is -0.250. The Bertz CT molecular complexity index is 714. The number of nitrogens with two attached hydrogens (primary N) is 1. The molecule has 0 aliphatic rings. The van der Waals surface area contributed by atoms with Gasteiger partial charge in [-0.2, -0.15) is 0 Å². The van der Waals surface area contributed by atoms with Crippen LogP contribution in [0.3, 0.4) is 0 Å². The van der Waals surface area contributed by atoms with Crippen molar-refractivity contribution in [3.63, 3.8) is 0 Å². The van der Waals surface area contributed by atoms with Crippen LogP contribution in [0.4, 0.5) is 10.1 Å². The van der Waals surface area contributed by atoms with Crippen LogP contribution >= 0.6 is 0 Å². The number of aryl methyl sites for hydroxylation is 1. The Morgan fingerprint density at radius 1 is 1.17 bits per heavy atom. The van der Waals surface area contributed by atoms with Crippen LogP contribution in [-0.2, 0) is 0 Å². The summed E-state index contributed by atoms with van der Waals surface area (Å²) in [6.07, 6.45) is 1.92. The standard InChI is InChI=1S/C14H12FN3/c1-9-13(10-4-6-11(15)7-5-10)17-14-12(16)3-2-8-18(9)14/h2-8H,16H2,1H3. The van der Waals surface area contributed by atoms with E-state index >= 15 is 0 Å². The molecule has 0 atom stereocenters. The SMILES string of the molecule is Cc1c(-c2ccc(F)cc2)nc2c(N)cccn12. The van der Waals surface area contributed by atoms with Crippen molar-refractivity contribution in [3.8, 4) is 11.3 Å². The Hall–Kier alpha value is -2.36. The highest BCUT2D eigenvalue weighted by Gasteiger charge is 2.11. The zero-order chi connectivity index (χ0) is 12.7. The highest BCUT2D eigenvalue weighted by atomic mass is 19.1. The number of hydrogen-bond acceptors (Lipinski definition) is 2. The van der Waals surface area contributed by atoms with Crippen LogP contribution in [0.5, 0.6) is 0 Å². The van der Waals surface area contributed by atoms with E-state index in [-0.39, 0.29) is 5.82 Å². The molecule has 0 aliphatic carbocycles. The van der Waals surface area contributed by atoms with E-state index in [4.69, 9.17) is 5.73 Å². The van der Waals surface area contributed by atoms with E-state index in [1.807, 2.05) is 29.7 Å². The molecule has 3 rings (SSSR count). The topological polar surface area (TPSA) is 43.3 Å². The van der Waals surface area contributed by atoms with Crippen molar-refractivity contribution in [1.82, 2.24) is 9.38 Å². The third-order valence-electron chi connectivity index (χ3n) is 3.04. The summed E-state index contributed by atoms with van der Waals surface area (Å²) in [5.41, 5.74) is 9.96. The average Bonchev–Trinajstić information content (AvgIpc) is 2.70. The van der Waals surface area contributed by atoms with Gasteiger partial charge in [-0.05, 0) is 43.3 Å². The van der Waals surface area contributed by atoms with Crippen molar-refractivity contribution in [2.24, 2.45) is 0 Å². The Balaban J connectivity index is 2.27. The van der Waals surface area contributed by atoms with Crippen LogP contribution < -0.4 is 5.73 Å². The van der Waals surface area contributed by atoms with E-state index < -0.39 is 0 Å². The van der Waals surface area contributed by atoms with Crippen molar-refractivity contribution in [2.45, 2.75) is 6.92 Å². The summed E-state index contributed by atoms with van der Waals surface area (Å²) in [6.45, 7) is 1.97. The van der Waals surface area contributed by atoms with Gasteiger partial charge in [-0.3, -0.25) is 0 Å². The number of hydrogen-bond donors (Lipinski definition) is 1. The second-order valence-electron chi connectivity index (χ2n) is 4.21. The molecule has 0 aliphatic heterocycles. The first-order valence-corrected chi connectivity index (χ1v) is 5.66. The number of rotatable bonds is 1. The smallest absolute Gasteiger partial charge is 0.160 e. The molecule has 4 heteroatoms. The maximum atomic E-state index is 12.9. The Labute approximate surface area is 104 Å². The van der Waals surface area contributed by atoms with Crippen LogP contribution in [0.15, 0.2) is 42.6 Å². The normalized spacial score (nSPS) is 11.0. The first kappa shape index (κ1) is 10.8. The summed E-state index contributed by atoms with van der Waals surface area (Å²) in [4.78, 5) is 4.53. The third-order valence-corrected chi connectivity index (χ3v) is 3.04. The third kappa shape index (κ3) is 1.54. The number of benzene rings is 1. The monoisotopic (exact) mass is 241 g/mol. The molecule has 0 fully saturated rings. The molecule has 0 bridgehead atoms. The maximum Gasteiger partial charge on any atom is 0.160 e. The number of imidazole rings is 1. The van der Waals surface area contributed by atoms with Gasteiger partial charge >= 0.3 is 0 Å². The quantitative estimate of drug-likeness (QED) is 0.711. The molecule has 2 aromatic heterocycles. The predicted molar refractivity (Wildman–Crippen MR) is 69.7 cm³/mol. The van der Waals surface area contributed by atoms with E-state index in [1.54, 1.807) is 12.1 Å². The van der Waals surface area contributed by atoms with E-state index in [0.717, 1.165) is 22.6 Å². The van der Waals surface area contributed by atoms with E-state index in [9.17, 15) is 4.39 Å². The van der Waals surface area contributed by atoms with Gasteiger partial charge in [-0.1, -0.05) is 0 Å². The van der Waals surface area contributed by atoms with Gasteiger partial charge in [0.1, 0.15) is 5.82 Å². The van der Waals surface area contributed by atoms with Gasteiger partial charge in [0.05, 0.1) is 11.4 Å². The summed E-state index contributed by atoms with van der Waals surface area (Å²) < 4.78 is 14.9. The highest BCUT2D eigenvalue weighted by Crippen LogP contribution is 2.25. The molecule has 0 radical (unpaired) electrons. The van der Waals surface area contributed by atoms with Crippen LogP contribution in [0.2, 0.25) is 0 Å². The lowest BCUT2D eigenvalue weighted by Crippen LogP contribution is -1.92. The fourth-order valence-electron chi connectivity index (χ4n) is 2.09. The summed E-state index contributed by atoms with van der Waals surface area (Å²) in [6, 6.07) is 10.0. The Kier molecular flexibility index (Phi) is 2.30. The molecule has 0 amide bonds. The molecule has 3 nitrogen and oxygen atoms in total. The van der Waals surface area contributed by atoms with Crippen LogP contribution in [0, 0.1) is 12.7 Å². The molecule has 0 saturated carbocycles. The largest absolute Gasteiger partial charge is 0.396 e. The molecule has 0 unspecified atom stereocenters. The van der Waals surface area contributed by atoms with Gasteiger partial charge in [0, 0.05) is 17.5 Å². The number of pyridine rings is 1. The lowest BCUT2D eigenvalue weighted by atomic mass is 10.1. The lowest BCUT2D eigenvalue weighted by molar-refractivity contribution is 0.628. The number of halogens is 1. The van der Waals surface area contributed by atoms with Crippen molar-refractivity contribution >= 4 is 11.3 Å². The number of anilines is 1. The van der Waals surface area contributed by atoms with Crippen LogP contribution in [0.25, 0.3) is 16.9 Å². The molecule has 0 saturated heterocycles. The van der Waals surface area contributed by atoms with Crippen molar-refractivity contribution in [2.75, 3.05) is 5.73 Å². The van der Waals surface area contributed by atoms with Crippen molar-refractivity contribution in [1.29, 1.82) is 0 Å². The molecule has 18 heavy (non-hydrogen) atoms. The zero-order valence-corrected chi connectivity index (χ0v) is 9.89. The van der Waals surface area contributed by atoms with Crippen LogP contribution in [0.1, 0.15) is 5.69 Å². The van der Waals surface area contributed by atoms with Crippen molar-refractivity contribution < 1.29 is 4.39 Å². The van der Waals surface area contributed by atoms with E-state index in [0.29, 0.717) is 5.69 Å². The average molecular weight is 241 g/mol. The molecule has 2 heterocycles. The molecule has 3 aromatic rings. The van der Waals surface area contributed by atoms with E-state index in [1.165, 1.54) is 12.1 Å². The highest BCUT2D eigenvalue weighted by molar-refractivity contribution is 5.73. The minimum Gasteiger partial charge on any atom is -0.396 e. The van der Waals surface area contributed by atoms with Gasteiger partial charge in [0.15, 0.2) is 5.65 Å². The fourth-order valence-corrected chi connectivity index (χ4v) is 2.09. The first-order chi connectivity index (χ1) is 8.66. The second kappa shape index (κ2) is 3.84. The number of aromatic nitrogens is 2. The van der Waals surface area contributed by atoms with Gasteiger partial charge in [0.2, 0.25) is 0 Å². The summed E-state index contributed by atoms with van der Waals surface area (Å²) in [5.74, 6) is -0.250. The predicted octanol–water partition coefficient (Wildman–Crippen LogP) is 3.03. The Morgan fingerprint density at radius 3 is 2.56 bits per heavy atom. The van der Waals surface area contributed by atoms with Crippen molar-refractivity contribution in [3.05, 3.63) is 54.1 Å².